The van der Waals surface area contributed by atoms with E-state index in [1.165, 1.54) is 5.56 Å². The quantitative estimate of drug-likeness (QED) is 0.719. The van der Waals surface area contributed by atoms with Crippen molar-refractivity contribution in [1.29, 1.82) is 5.26 Å². The van der Waals surface area contributed by atoms with E-state index in [9.17, 15) is 0 Å². The molecule has 0 fully saturated rings. The number of imidazole rings is 1. The molecule has 0 atom stereocenters. The first kappa shape index (κ1) is 16.8. The van der Waals surface area contributed by atoms with Crippen LogP contribution in [0.3, 0.4) is 0 Å². The second-order valence-corrected chi connectivity index (χ2v) is 5.24. The Morgan fingerprint density at radius 1 is 0.957 bits per heavy atom. The number of benzene rings is 2. The third-order valence-electron chi connectivity index (χ3n) is 3.17. The molecule has 0 radical (unpaired) electrons. The molecule has 3 rings (SSSR count). The molecule has 4 heteroatoms. The van der Waals surface area contributed by atoms with Gasteiger partial charge in [0.25, 0.3) is 0 Å². The van der Waals surface area contributed by atoms with Gasteiger partial charge in [0, 0.05) is 18.3 Å². The van der Waals surface area contributed by atoms with Gasteiger partial charge in [0.15, 0.2) is 0 Å². The number of nitrogens with one attached hydrogen (secondary N) is 1. The standard InChI is InChI=1S/C11H11ClN2.C8H7N/c12-7-10-8-13-11(14-10)6-9-4-2-1-3-5-9;9-7-6-8-4-2-1-3-5-8/h1-5,8H,6-7H2,(H,13,14);1-5H,6H2. The Labute approximate surface area is 141 Å². The molecule has 0 bridgehead atoms. The zero-order valence-corrected chi connectivity index (χ0v) is 13.5. The SMILES string of the molecule is ClCc1cnc(Cc2ccccc2)[nH]1.N#CCc1ccccc1. The molecule has 1 heterocycles. The van der Waals surface area contributed by atoms with Gasteiger partial charge in [-0.05, 0) is 11.1 Å². The summed E-state index contributed by atoms with van der Waals surface area (Å²) in [5.74, 6) is 1.45. The van der Waals surface area contributed by atoms with Crippen LogP contribution in [-0.4, -0.2) is 9.97 Å². The molecular weight excluding hydrogens is 306 g/mol. The summed E-state index contributed by atoms with van der Waals surface area (Å²) in [6, 6.07) is 22.0. The number of nitrogens with zero attached hydrogens (tertiary/aromatic N) is 2. The minimum Gasteiger partial charge on any atom is -0.345 e. The molecule has 0 spiro atoms. The highest BCUT2D eigenvalue weighted by molar-refractivity contribution is 6.16. The number of nitriles is 1. The Kier molecular flexibility index (Phi) is 6.90. The van der Waals surface area contributed by atoms with Gasteiger partial charge >= 0.3 is 0 Å². The second-order valence-electron chi connectivity index (χ2n) is 4.97. The fourth-order valence-electron chi connectivity index (χ4n) is 2.04. The van der Waals surface area contributed by atoms with E-state index in [4.69, 9.17) is 16.9 Å². The summed E-state index contributed by atoms with van der Waals surface area (Å²) in [7, 11) is 0. The maximum Gasteiger partial charge on any atom is 0.110 e. The van der Waals surface area contributed by atoms with Gasteiger partial charge in [-0.25, -0.2) is 4.98 Å². The highest BCUT2D eigenvalue weighted by atomic mass is 35.5. The summed E-state index contributed by atoms with van der Waals surface area (Å²) in [6.45, 7) is 0. The van der Waals surface area contributed by atoms with Gasteiger partial charge in [0.05, 0.1) is 18.4 Å². The third kappa shape index (κ3) is 5.98. The summed E-state index contributed by atoms with van der Waals surface area (Å²) in [5.41, 5.74) is 3.31. The van der Waals surface area contributed by atoms with Gasteiger partial charge in [0.1, 0.15) is 5.82 Å². The van der Waals surface area contributed by atoms with E-state index in [1.54, 1.807) is 6.20 Å². The lowest BCUT2D eigenvalue weighted by atomic mass is 10.1. The predicted molar refractivity (Wildman–Crippen MR) is 93.2 cm³/mol. The monoisotopic (exact) mass is 323 g/mol. The van der Waals surface area contributed by atoms with Crippen LogP contribution in [0.25, 0.3) is 0 Å². The zero-order chi connectivity index (χ0) is 16.3. The summed E-state index contributed by atoms with van der Waals surface area (Å²) < 4.78 is 0. The van der Waals surface area contributed by atoms with Crippen molar-refractivity contribution in [2.24, 2.45) is 0 Å². The topological polar surface area (TPSA) is 52.5 Å². The van der Waals surface area contributed by atoms with E-state index in [-0.39, 0.29) is 0 Å². The molecule has 0 unspecified atom stereocenters. The molecule has 2 aromatic carbocycles. The lowest BCUT2D eigenvalue weighted by Crippen LogP contribution is -1.90. The number of aromatic amines is 1. The van der Waals surface area contributed by atoms with Crippen LogP contribution in [0.1, 0.15) is 22.6 Å². The Morgan fingerprint density at radius 2 is 1.57 bits per heavy atom. The van der Waals surface area contributed by atoms with Crippen LogP contribution in [-0.2, 0) is 18.7 Å². The number of rotatable bonds is 4. The van der Waals surface area contributed by atoms with Crippen LogP contribution in [0.2, 0.25) is 0 Å². The maximum absolute atomic E-state index is 8.27. The summed E-state index contributed by atoms with van der Waals surface area (Å²) in [6.07, 6.45) is 3.13. The van der Waals surface area contributed by atoms with Gasteiger partial charge < -0.3 is 4.98 Å². The fourth-order valence-corrected chi connectivity index (χ4v) is 2.18. The van der Waals surface area contributed by atoms with E-state index in [2.05, 4.69) is 28.2 Å². The average Bonchev–Trinajstić information content (AvgIpc) is 3.05. The van der Waals surface area contributed by atoms with Gasteiger partial charge in [0.2, 0.25) is 0 Å². The lowest BCUT2D eigenvalue weighted by molar-refractivity contribution is 1.01. The molecule has 3 nitrogen and oxygen atoms in total. The number of H-pyrrole nitrogens is 1. The van der Waals surface area contributed by atoms with Crippen LogP contribution in [0.15, 0.2) is 66.9 Å². The van der Waals surface area contributed by atoms with Crippen molar-refractivity contribution in [1.82, 2.24) is 9.97 Å². The van der Waals surface area contributed by atoms with Crippen LogP contribution in [0, 0.1) is 11.3 Å². The van der Waals surface area contributed by atoms with Gasteiger partial charge in [-0.1, -0.05) is 60.7 Å². The molecule has 0 aliphatic carbocycles. The normalized spacial score (nSPS) is 9.57. The number of hydrogen-bond donors (Lipinski definition) is 1. The van der Waals surface area contributed by atoms with Crippen molar-refractivity contribution in [2.45, 2.75) is 18.7 Å². The molecule has 0 aliphatic heterocycles. The minimum atomic E-state index is 0.488. The van der Waals surface area contributed by atoms with Crippen LogP contribution >= 0.6 is 11.6 Å². The summed E-state index contributed by atoms with van der Waals surface area (Å²) in [5, 5.41) is 8.27. The van der Waals surface area contributed by atoms with E-state index >= 15 is 0 Å². The van der Waals surface area contributed by atoms with Crippen LogP contribution in [0.4, 0.5) is 0 Å². The van der Waals surface area contributed by atoms with Gasteiger partial charge in [-0.3, -0.25) is 0 Å². The number of alkyl halides is 1. The molecule has 0 saturated heterocycles. The highest BCUT2D eigenvalue weighted by Crippen LogP contribution is 2.07. The van der Waals surface area contributed by atoms with Crippen molar-refractivity contribution in [3.63, 3.8) is 0 Å². The molecule has 23 heavy (non-hydrogen) atoms. The smallest absolute Gasteiger partial charge is 0.110 e. The fraction of sp³-hybridized carbons (Fsp3) is 0.158. The molecule has 116 valence electrons. The Hall–Kier alpha value is -2.57. The molecule has 1 N–H and O–H groups in total. The van der Waals surface area contributed by atoms with E-state index < -0.39 is 0 Å². The third-order valence-corrected chi connectivity index (χ3v) is 3.45. The zero-order valence-electron chi connectivity index (χ0n) is 12.7. The van der Waals surface area contributed by atoms with Gasteiger partial charge in [-0.15, -0.1) is 11.6 Å². The first-order valence-corrected chi connectivity index (χ1v) is 7.89. The number of halogens is 1. The second kappa shape index (κ2) is 9.45. The van der Waals surface area contributed by atoms with Crippen molar-refractivity contribution in [3.05, 3.63) is 89.5 Å². The van der Waals surface area contributed by atoms with Crippen molar-refractivity contribution in [2.75, 3.05) is 0 Å². The largest absolute Gasteiger partial charge is 0.345 e. The molecule has 1 aromatic heterocycles. The van der Waals surface area contributed by atoms with Crippen molar-refractivity contribution in [3.8, 4) is 6.07 Å². The maximum atomic E-state index is 8.27. The molecule has 0 aliphatic rings. The summed E-state index contributed by atoms with van der Waals surface area (Å²) >= 11 is 5.67. The molecular formula is C19H18ClN3. The van der Waals surface area contributed by atoms with E-state index in [1.807, 2.05) is 48.5 Å². The average molecular weight is 324 g/mol. The van der Waals surface area contributed by atoms with Crippen LogP contribution < -0.4 is 0 Å². The number of aromatic nitrogens is 2. The Balaban J connectivity index is 0.000000185. The predicted octanol–water partition coefficient (Wildman–Crippen LogP) is 4.49. The molecule has 0 saturated carbocycles. The first-order chi connectivity index (χ1) is 11.3. The van der Waals surface area contributed by atoms with E-state index in [0.717, 1.165) is 23.5 Å². The van der Waals surface area contributed by atoms with E-state index in [0.29, 0.717) is 12.3 Å². The lowest BCUT2D eigenvalue weighted by Gasteiger charge is -1.96. The molecule has 3 aromatic rings. The minimum absolute atomic E-state index is 0.488. The number of hydrogen-bond acceptors (Lipinski definition) is 2. The van der Waals surface area contributed by atoms with Crippen molar-refractivity contribution < 1.29 is 0 Å². The Bertz CT molecular complexity index is 730. The van der Waals surface area contributed by atoms with Crippen LogP contribution in [0.5, 0.6) is 0 Å². The van der Waals surface area contributed by atoms with Gasteiger partial charge in [-0.2, -0.15) is 5.26 Å². The highest BCUT2D eigenvalue weighted by Gasteiger charge is 2.00. The Morgan fingerprint density at radius 3 is 2.09 bits per heavy atom. The first-order valence-electron chi connectivity index (χ1n) is 7.35. The summed E-state index contributed by atoms with van der Waals surface area (Å²) in [4.78, 5) is 7.41. The van der Waals surface area contributed by atoms with Crippen molar-refractivity contribution >= 4 is 11.6 Å². The molecule has 0 amide bonds.